The lowest BCUT2D eigenvalue weighted by molar-refractivity contribution is 0.251. The van der Waals surface area contributed by atoms with Crippen LogP contribution in [0.2, 0.25) is 0 Å². The summed E-state index contributed by atoms with van der Waals surface area (Å²) in [6.07, 6.45) is 0.169. The van der Waals surface area contributed by atoms with Crippen LogP contribution in [0.1, 0.15) is 18.9 Å². The zero-order chi connectivity index (χ0) is 17.6. The largest absolute Gasteiger partial charge is 0.476 e. The van der Waals surface area contributed by atoms with Crippen LogP contribution in [0.3, 0.4) is 0 Å². The summed E-state index contributed by atoms with van der Waals surface area (Å²) in [6, 6.07) is 16.8. The third-order valence-corrected chi connectivity index (χ3v) is 3.76. The summed E-state index contributed by atoms with van der Waals surface area (Å²) in [5, 5.41) is 12.7. The molecule has 6 nitrogen and oxygen atoms in total. The second kappa shape index (κ2) is 7.49. The number of hydrogen-bond donors (Lipinski definition) is 2. The molecule has 3 aromatic rings. The highest BCUT2D eigenvalue weighted by atomic mass is 16.5. The molecule has 1 atom stereocenters. The fourth-order valence-corrected chi connectivity index (χ4v) is 2.45. The van der Waals surface area contributed by atoms with Gasteiger partial charge in [0.2, 0.25) is 5.95 Å². The first-order valence-electron chi connectivity index (χ1n) is 8.07. The third-order valence-electron chi connectivity index (χ3n) is 3.76. The van der Waals surface area contributed by atoms with E-state index in [1.807, 2.05) is 43.3 Å². The molecule has 0 radical (unpaired) electrons. The summed E-state index contributed by atoms with van der Waals surface area (Å²) in [7, 11) is 0. The first-order valence-corrected chi connectivity index (χ1v) is 8.07. The molecule has 126 valence electrons. The van der Waals surface area contributed by atoms with Crippen molar-refractivity contribution in [2.45, 2.75) is 26.0 Å². The van der Waals surface area contributed by atoms with E-state index in [1.54, 1.807) is 12.1 Å². The molecule has 0 spiro atoms. The van der Waals surface area contributed by atoms with Crippen LogP contribution in [-0.2, 0) is 6.54 Å². The number of hydrogen-bond acceptors (Lipinski definition) is 5. The molecule has 0 saturated carbocycles. The lowest BCUT2D eigenvalue weighted by Gasteiger charge is -2.12. The molecular weight excluding hydrogens is 316 g/mol. The Morgan fingerprint density at radius 2 is 2.12 bits per heavy atom. The van der Waals surface area contributed by atoms with Crippen molar-refractivity contribution in [1.82, 2.24) is 9.97 Å². The van der Waals surface area contributed by atoms with Gasteiger partial charge in [-0.15, -0.1) is 0 Å². The molecule has 2 aromatic carbocycles. The van der Waals surface area contributed by atoms with E-state index in [1.165, 1.54) is 0 Å². The molecule has 0 fully saturated rings. The van der Waals surface area contributed by atoms with E-state index in [4.69, 9.17) is 10.00 Å². The topological polar surface area (TPSA) is 90.8 Å². The van der Waals surface area contributed by atoms with Gasteiger partial charge in [0.05, 0.1) is 10.9 Å². The monoisotopic (exact) mass is 334 g/mol. The maximum atomic E-state index is 12.1. The first-order chi connectivity index (χ1) is 12.2. The molecule has 0 saturated heterocycles. The number of nitriles is 1. The highest BCUT2D eigenvalue weighted by Crippen LogP contribution is 2.17. The summed E-state index contributed by atoms with van der Waals surface area (Å²) < 4.78 is 5.62. The van der Waals surface area contributed by atoms with Crippen LogP contribution < -0.4 is 15.6 Å². The fraction of sp³-hybridized carbons (Fsp3) is 0.211. The number of fused-ring (bicyclic) bond motifs is 1. The van der Waals surface area contributed by atoms with E-state index in [0.29, 0.717) is 35.6 Å². The Balaban J connectivity index is 1.74. The maximum absolute atomic E-state index is 12.1. The fourth-order valence-electron chi connectivity index (χ4n) is 2.45. The molecule has 6 heteroatoms. The second-order valence-electron chi connectivity index (χ2n) is 5.58. The smallest absolute Gasteiger partial charge is 0.260 e. The van der Waals surface area contributed by atoms with E-state index in [2.05, 4.69) is 21.4 Å². The van der Waals surface area contributed by atoms with Gasteiger partial charge >= 0.3 is 0 Å². The summed E-state index contributed by atoms with van der Waals surface area (Å²) in [6.45, 7) is 2.38. The Kier molecular flexibility index (Phi) is 4.95. The van der Waals surface area contributed by atoms with Crippen molar-refractivity contribution in [1.29, 1.82) is 5.26 Å². The van der Waals surface area contributed by atoms with Crippen LogP contribution in [0, 0.1) is 11.3 Å². The minimum atomic E-state index is -0.457. The van der Waals surface area contributed by atoms with E-state index < -0.39 is 6.10 Å². The minimum Gasteiger partial charge on any atom is -0.476 e. The zero-order valence-corrected chi connectivity index (χ0v) is 13.8. The van der Waals surface area contributed by atoms with Gasteiger partial charge in [-0.2, -0.15) is 5.26 Å². The number of nitrogens with one attached hydrogen (secondary N) is 2. The number of rotatable bonds is 6. The van der Waals surface area contributed by atoms with Crippen LogP contribution in [0.5, 0.6) is 5.75 Å². The molecule has 0 aliphatic rings. The van der Waals surface area contributed by atoms with Gasteiger partial charge < -0.3 is 10.1 Å². The normalized spacial score (nSPS) is 11.7. The number of benzene rings is 2. The van der Waals surface area contributed by atoms with Crippen molar-refractivity contribution in [3.63, 3.8) is 0 Å². The Labute approximate surface area is 145 Å². The van der Waals surface area contributed by atoms with Gasteiger partial charge in [-0.25, -0.2) is 4.98 Å². The van der Waals surface area contributed by atoms with E-state index in [-0.39, 0.29) is 5.56 Å². The number of ether oxygens (including phenoxy) is 1. The summed E-state index contributed by atoms with van der Waals surface area (Å²) in [4.78, 5) is 19.2. The van der Waals surface area contributed by atoms with Gasteiger partial charge in [0.1, 0.15) is 11.8 Å². The van der Waals surface area contributed by atoms with Gasteiger partial charge in [-0.05, 0) is 36.2 Å². The second-order valence-corrected chi connectivity index (χ2v) is 5.58. The van der Waals surface area contributed by atoms with Crippen LogP contribution in [0.4, 0.5) is 5.95 Å². The quantitative estimate of drug-likeness (QED) is 0.722. The molecule has 1 heterocycles. The van der Waals surface area contributed by atoms with E-state index in [0.717, 1.165) is 5.56 Å². The Hall–Kier alpha value is -3.33. The summed E-state index contributed by atoms with van der Waals surface area (Å²) >= 11 is 0. The molecular formula is C19H18N4O2. The van der Waals surface area contributed by atoms with Gasteiger partial charge in [-0.1, -0.05) is 31.2 Å². The summed E-state index contributed by atoms with van der Waals surface area (Å²) in [5.41, 5.74) is 1.43. The average Bonchev–Trinajstić information content (AvgIpc) is 2.65. The molecule has 1 aromatic heterocycles. The van der Waals surface area contributed by atoms with Crippen molar-refractivity contribution in [3.05, 3.63) is 64.4 Å². The summed E-state index contributed by atoms with van der Waals surface area (Å²) in [5.74, 6) is 1.06. The SMILES string of the molecule is CCC(C#N)Oc1cccc(CNc2nc3ccccc3c(=O)[nH]2)c1. The van der Waals surface area contributed by atoms with Crippen molar-refractivity contribution in [2.75, 3.05) is 5.32 Å². The third kappa shape index (κ3) is 3.96. The molecule has 2 N–H and O–H groups in total. The highest BCUT2D eigenvalue weighted by molar-refractivity contribution is 5.78. The number of anilines is 1. The Bertz CT molecular complexity index is 975. The van der Waals surface area contributed by atoms with Gasteiger partial charge in [0, 0.05) is 6.54 Å². The van der Waals surface area contributed by atoms with Crippen molar-refractivity contribution >= 4 is 16.9 Å². The Morgan fingerprint density at radius 3 is 2.92 bits per heavy atom. The van der Waals surface area contributed by atoms with Gasteiger partial charge in [0.15, 0.2) is 6.10 Å². The van der Waals surface area contributed by atoms with E-state index >= 15 is 0 Å². The van der Waals surface area contributed by atoms with Crippen molar-refractivity contribution in [3.8, 4) is 11.8 Å². The molecule has 0 aliphatic heterocycles. The zero-order valence-electron chi connectivity index (χ0n) is 13.8. The number of nitrogens with zero attached hydrogens (tertiary/aromatic N) is 2. The standard InChI is InChI=1S/C19H18N4O2/c1-2-14(11-20)25-15-7-5-6-13(10-15)12-21-19-22-17-9-4-3-8-16(17)18(24)23-19/h3-10,14H,2,12H2,1H3,(H2,21,22,23,24). The van der Waals surface area contributed by atoms with Gasteiger partial charge in [0.25, 0.3) is 5.56 Å². The predicted octanol–water partition coefficient (Wildman–Crippen LogP) is 3.22. The van der Waals surface area contributed by atoms with Crippen LogP contribution in [-0.4, -0.2) is 16.1 Å². The predicted molar refractivity (Wildman–Crippen MR) is 96.5 cm³/mol. The van der Waals surface area contributed by atoms with Gasteiger partial charge in [-0.3, -0.25) is 9.78 Å². The molecule has 0 bridgehead atoms. The maximum Gasteiger partial charge on any atom is 0.260 e. The Morgan fingerprint density at radius 1 is 1.28 bits per heavy atom. The number of aromatic amines is 1. The van der Waals surface area contributed by atoms with Crippen molar-refractivity contribution < 1.29 is 4.74 Å². The molecule has 1 unspecified atom stereocenters. The van der Waals surface area contributed by atoms with Crippen LogP contribution in [0.25, 0.3) is 10.9 Å². The average molecular weight is 334 g/mol. The number of H-pyrrole nitrogens is 1. The highest BCUT2D eigenvalue weighted by Gasteiger charge is 2.07. The molecule has 3 rings (SSSR count). The number of aromatic nitrogens is 2. The van der Waals surface area contributed by atoms with Crippen LogP contribution in [0.15, 0.2) is 53.3 Å². The lowest BCUT2D eigenvalue weighted by Crippen LogP contribution is -2.14. The first kappa shape index (κ1) is 16.5. The number of para-hydroxylation sites is 1. The molecule has 0 amide bonds. The molecule has 25 heavy (non-hydrogen) atoms. The van der Waals surface area contributed by atoms with E-state index in [9.17, 15) is 4.79 Å². The van der Waals surface area contributed by atoms with Crippen molar-refractivity contribution in [2.24, 2.45) is 0 Å². The molecule has 0 aliphatic carbocycles. The lowest BCUT2D eigenvalue weighted by atomic mass is 10.2. The van der Waals surface area contributed by atoms with Crippen LogP contribution >= 0.6 is 0 Å². The minimum absolute atomic E-state index is 0.176.